The Kier molecular flexibility index (Phi) is 5.20. The Morgan fingerprint density at radius 3 is 2.76 bits per heavy atom. The van der Waals surface area contributed by atoms with E-state index >= 15 is 0 Å². The van der Waals surface area contributed by atoms with Crippen molar-refractivity contribution in [2.24, 2.45) is 0 Å². The lowest BCUT2D eigenvalue weighted by molar-refractivity contribution is 0.0946. The van der Waals surface area contributed by atoms with E-state index in [1.807, 2.05) is 37.3 Å². The molecule has 1 amide bonds. The van der Waals surface area contributed by atoms with Gasteiger partial charge in [0.05, 0.1) is 0 Å². The van der Waals surface area contributed by atoms with Crippen molar-refractivity contribution in [3.8, 4) is 0 Å². The van der Waals surface area contributed by atoms with Gasteiger partial charge in [-0.05, 0) is 42.3 Å². The first-order chi connectivity index (χ1) is 12.1. The zero-order chi connectivity index (χ0) is 17.6. The molecule has 0 saturated carbocycles. The Morgan fingerprint density at radius 1 is 1.16 bits per heavy atom. The lowest BCUT2D eigenvalue weighted by Gasteiger charge is -2.10. The summed E-state index contributed by atoms with van der Waals surface area (Å²) in [6.07, 6.45) is 4.71. The molecule has 2 heterocycles. The largest absolute Gasteiger partial charge is 0.347 e. The molecule has 0 fully saturated rings. The van der Waals surface area contributed by atoms with Crippen LogP contribution in [0.3, 0.4) is 0 Å². The predicted molar refractivity (Wildman–Crippen MR) is 96.9 cm³/mol. The van der Waals surface area contributed by atoms with Crippen LogP contribution in [0, 0.1) is 6.92 Å². The zero-order valence-corrected chi connectivity index (χ0v) is 14.3. The normalized spacial score (nSPS) is 10.3. The minimum atomic E-state index is -0.273. The second-order valence-electron chi connectivity index (χ2n) is 5.36. The topological polar surface area (TPSA) is 79.8 Å². The number of nitrogens with one attached hydrogen (secondary N) is 2. The number of aromatic nitrogens is 3. The Morgan fingerprint density at radius 2 is 1.96 bits per heavy atom. The molecule has 25 heavy (non-hydrogen) atoms. The van der Waals surface area contributed by atoms with Crippen LogP contribution in [0.2, 0.25) is 5.02 Å². The summed E-state index contributed by atoms with van der Waals surface area (Å²) in [5.41, 5.74) is 2.98. The molecule has 3 aromatic rings. The predicted octanol–water partition coefficient (Wildman–Crippen LogP) is 3.51. The summed E-state index contributed by atoms with van der Waals surface area (Å²) in [6.45, 7) is 2.32. The SMILES string of the molecule is Cc1c(Cl)cccc1Nc1cc(C(=O)NCc2ccncc2)ncn1. The summed E-state index contributed by atoms with van der Waals surface area (Å²) < 4.78 is 0. The maximum atomic E-state index is 12.3. The highest BCUT2D eigenvalue weighted by Crippen LogP contribution is 2.25. The second kappa shape index (κ2) is 7.72. The summed E-state index contributed by atoms with van der Waals surface area (Å²) in [6, 6.07) is 10.8. The van der Waals surface area contributed by atoms with Gasteiger partial charge in [0.15, 0.2) is 0 Å². The van der Waals surface area contributed by atoms with Gasteiger partial charge >= 0.3 is 0 Å². The van der Waals surface area contributed by atoms with Gasteiger partial charge in [0.25, 0.3) is 5.91 Å². The van der Waals surface area contributed by atoms with Crippen molar-refractivity contribution in [3.05, 3.63) is 77.0 Å². The van der Waals surface area contributed by atoms with E-state index in [9.17, 15) is 4.79 Å². The number of carbonyl (C=O) groups excluding carboxylic acids is 1. The Bertz CT molecular complexity index is 886. The molecule has 3 rings (SSSR count). The summed E-state index contributed by atoms with van der Waals surface area (Å²) >= 11 is 6.12. The van der Waals surface area contributed by atoms with Gasteiger partial charge in [-0.1, -0.05) is 17.7 Å². The van der Waals surface area contributed by atoms with Crippen molar-refractivity contribution in [2.45, 2.75) is 13.5 Å². The van der Waals surface area contributed by atoms with Gasteiger partial charge in [-0.2, -0.15) is 0 Å². The first-order valence-corrected chi connectivity index (χ1v) is 8.02. The van der Waals surface area contributed by atoms with Crippen molar-refractivity contribution in [1.29, 1.82) is 0 Å². The highest BCUT2D eigenvalue weighted by molar-refractivity contribution is 6.31. The van der Waals surface area contributed by atoms with Gasteiger partial charge in [-0.3, -0.25) is 9.78 Å². The van der Waals surface area contributed by atoms with Crippen LogP contribution in [0.5, 0.6) is 0 Å². The quantitative estimate of drug-likeness (QED) is 0.733. The van der Waals surface area contributed by atoms with Crippen molar-refractivity contribution < 1.29 is 4.79 Å². The Labute approximate surface area is 150 Å². The minimum absolute atomic E-state index is 0.273. The number of hydrogen-bond acceptors (Lipinski definition) is 5. The van der Waals surface area contributed by atoms with Crippen LogP contribution in [-0.2, 0) is 6.54 Å². The lowest BCUT2D eigenvalue weighted by atomic mass is 10.2. The van der Waals surface area contributed by atoms with Gasteiger partial charge in [0.2, 0.25) is 0 Å². The number of pyridine rings is 1. The molecule has 0 radical (unpaired) electrons. The third-order valence-electron chi connectivity index (χ3n) is 3.63. The molecule has 126 valence electrons. The molecule has 1 aromatic carbocycles. The van der Waals surface area contributed by atoms with Crippen molar-refractivity contribution >= 4 is 29.0 Å². The van der Waals surface area contributed by atoms with Crippen molar-refractivity contribution in [2.75, 3.05) is 5.32 Å². The van der Waals surface area contributed by atoms with Crippen LogP contribution in [0.4, 0.5) is 11.5 Å². The van der Waals surface area contributed by atoms with E-state index in [4.69, 9.17) is 11.6 Å². The molecule has 6 nitrogen and oxygen atoms in total. The molecule has 0 aliphatic rings. The molecular formula is C18H16ClN5O. The molecule has 0 aliphatic heterocycles. The fourth-order valence-electron chi connectivity index (χ4n) is 2.20. The molecule has 0 aliphatic carbocycles. The first kappa shape index (κ1) is 16.9. The van der Waals surface area contributed by atoms with E-state index in [2.05, 4.69) is 25.6 Å². The van der Waals surface area contributed by atoms with Gasteiger partial charge < -0.3 is 10.6 Å². The van der Waals surface area contributed by atoms with E-state index in [1.54, 1.807) is 18.5 Å². The summed E-state index contributed by atoms with van der Waals surface area (Å²) in [5, 5.41) is 6.64. The molecule has 0 saturated heterocycles. The molecular weight excluding hydrogens is 338 g/mol. The van der Waals surface area contributed by atoms with Gasteiger partial charge in [0, 0.05) is 35.7 Å². The molecule has 0 unspecified atom stereocenters. The average Bonchev–Trinajstić information content (AvgIpc) is 2.64. The number of nitrogens with zero attached hydrogens (tertiary/aromatic N) is 3. The molecule has 0 atom stereocenters. The van der Waals surface area contributed by atoms with E-state index in [0.717, 1.165) is 16.8 Å². The zero-order valence-electron chi connectivity index (χ0n) is 13.5. The lowest BCUT2D eigenvalue weighted by Crippen LogP contribution is -2.24. The Balaban J connectivity index is 1.70. The highest BCUT2D eigenvalue weighted by Gasteiger charge is 2.10. The molecule has 2 N–H and O–H groups in total. The standard InChI is InChI=1S/C18H16ClN5O/c1-12-14(19)3-2-4-15(12)24-17-9-16(22-11-23-17)18(25)21-10-13-5-7-20-8-6-13/h2-9,11H,10H2,1H3,(H,21,25)(H,22,23,24). The van der Waals surface area contributed by atoms with E-state index in [1.165, 1.54) is 6.33 Å². The maximum Gasteiger partial charge on any atom is 0.270 e. The third kappa shape index (κ3) is 4.30. The van der Waals surface area contributed by atoms with Gasteiger partial charge in [0.1, 0.15) is 17.8 Å². The number of hydrogen-bond donors (Lipinski definition) is 2. The van der Waals surface area contributed by atoms with Crippen LogP contribution >= 0.6 is 11.6 Å². The monoisotopic (exact) mass is 353 g/mol. The summed E-state index contributed by atoms with van der Waals surface area (Å²) in [4.78, 5) is 24.4. The van der Waals surface area contributed by atoms with E-state index < -0.39 is 0 Å². The van der Waals surface area contributed by atoms with Crippen LogP contribution in [-0.4, -0.2) is 20.9 Å². The second-order valence-corrected chi connectivity index (χ2v) is 5.77. The number of carbonyl (C=O) groups is 1. The van der Waals surface area contributed by atoms with Crippen molar-refractivity contribution in [3.63, 3.8) is 0 Å². The number of rotatable bonds is 5. The van der Waals surface area contributed by atoms with Crippen molar-refractivity contribution in [1.82, 2.24) is 20.3 Å². The first-order valence-electron chi connectivity index (χ1n) is 7.65. The van der Waals surface area contributed by atoms with E-state index in [0.29, 0.717) is 17.4 Å². The molecule has 2 aromatic heterocycles. The summed E-state index contributed by atoms with van der Waals surface area (Å²) in [7, 11) is 0. The van der Waals surface area contributed by atoms with Gasteiger partial charge in [-0.25, -0.2) is 9.97 Å². The molecule has 0 bridgehead atoms. The van der Waals surface area contributed by atoms with Crippen LogP contribution in [0.1, 0.15) is 21.6 Å². The molecule has 0 spiro atoms. The minimum Gasteiger partial charge on any atom is -0.347 e. The fraction of sp³-hybridized carbons (Fsp3) is 0.111. The smallest absolute Gasteiger partial charge is 0.270 e. The maximum absolute atomic E-state index is 12.3. The van der Waals surface area contributed by atoms with Crippen LogP contribution < -0.4 is 10.6 Å². The number of halogens is 1. The average molecular weight is 354 g/mol. The highest BCUT2D eigenvalue weighted by atomic mass is 35.5. The number of anilines is 2. The van der Waals surface area contributed by atoms with Gasteiger partial charge in [-0.15, -0.1) is 0 Å². The fourth-order valence-corrected chi connectivity index (χ4v) is 2.38. The van der Waals surface area contributed by atoms with Crippen LogP contribution in [0.15, 0.2) is 55.1 Å². The third-order valence-corrected chi connectivity index (χ3v) is 4.04. The number of amides is 1. The summed E-state index contributed by atoms with van der Waals surface area (Å²) in [5.74, 6) is 0.250. The molecule has 7 heteroatoms. The van der Waals surface area contributed by atoms with E-state index in [-0.39, 0.29) is 11.6 Å². The van der Waals surface area contributed by atoms with Crippen LogP contribution in [0.25, 0.3) is 0 Å². The number of benzene rings is 1. The Hall–Kier alpha value is -2.99.